The summed E-state index contributed by atoms with van der Waals surface area (Å²) in [5.74, 6) is 0.0676. The highest BCUT2D eigenvalue weighted by Crippen LogP contribution is 2.16. The van der Waals surface area contributed by atoms with Crippen LogP contribution in [0.5, 0.6) is 0 Å². The number of hydrogen-bond acceptors (Lipinski definition) is 4. The second-order valence-corrected chi connectivity index (χ2v) is 9.91. The number of aryl methyl sites for hydroxylation is 1. The molecule has 1 aliphatic heterocycles. The molecule has 1 heterocycles. The second-order valence-electron chi connectivity index (χ2n) is 5.86. The zero-order chi connectivity index (χ0) is 17.1. The first-order valence-corrected chi connectivity index (χ1v) is 11.0. The summed E-state index contributed by atoms with van der Waals surface area (Å²) >= 11 is 0. The van der Waals surface area contributed by atoms with Crippen molar-refractivity contribution in [2.24, 2.45) is 0 Å². The van der Waals surface area contributed by atoms with E-state index >= 15 is 0 Å². The molecule has 130 valence electrons. The van der Waals surface area contributed by atoms with Gasteiger partial charge in [0.15, 0.2) is 0 Å². The Morgan fingerprint density at radius 1 is 0.870 bits per heavy atom. The lowest BCUT2D eigenvalue weighted by atomic mass is 10.2. The quantitative estimate of drug-likeness (QED) is 0.763. The maximum atomic E-state index is 12.5. The molecule has 2 rings (SSSR count). The Kier molecular flexibility index (Phi) is 5.83. The fraction of sp³-hybridized carbons (Fsp3) is 0.600. The zero-order valence-electron chi connectivity index (χ0n) is 13.6. The molecular formula is C15H24N2O4S2. The third kappa shape index (κ3) is 4.76. The summed E-state index contributed by atoms with van der Waals surface area (Å²) in [5.41, 5.74) is 1.83. The molecule has 0 spiro atoms. The molecule has 0 saturated carbocycles. The van der Waals surface area contributed by atoms with Crippen LogP contribution in [0.1, 0.15) is 24.5 Å². The van der Waals surface area contributed by atoms with Gasteiger partial charge in [-0.25, -0.2) is 16.8 Å². The van der Waals surface area contributed by atoms with Gasteiger partial charge in [-0.05, 0) is 18.9 Å². The standard InChI is InChI=1S/C15H24N2O4S2/c1-3-12-22(18,19)16-8-10-17(11-9-16)23(20,21)13-15-6-4-14(2)5-7-15/h4-7H,3,8-13H2,1-2H3. The molecular weight excluding hydrogens is 336 g/mol. The SMILES string of the molecule is CCCS(=O)(=O)N1CCN(S(=O)(=O)Cc2ccc(C)cc2)CC1. The van der Waals surface area contributed by atoms with Gasteiger partial charge in [0.05, 0.1) is 11.5 Å². The van der Waals surface area contributed by atoms with Crippen LogP contribution >= 0.6 is 0 Å². The minimum Gasteiger partial charge on any atom is -0.212 e. The zero-order valence-corrected chi connectivity index (χ0v) is 15.2. The van der Waals surface area contributed by atoms with E-state index in [1.807, 2.05) is 38.1 Å². The van der Waals surface area contributed by atoms with Crippen LogP contribution in [-0.2, 0) is 25.8 Å². The molecule has 23 heavy (non-hydrogen) atoms. The molecule has 0 amide bonds. The maximum absolute atomic E-state index is 12.5. The molecule has 0 unspecified atom stereocenters. The van der Waals surface area contributed by atoms with Crippen molar-refractivity contribution in [2.75, 3.05) is 31.9 Å². The largest absolute Gasteiger partial charge is 0.218 e. The highest BCUT2D eigenvalue weighted by atomic mass is 32.2. The van der Waals surface area contributed by atoms with Crippen molar-refractivity contribution in [2.45, 2.75) is 26.0 Å². The van der Waals surface area contributed by atoms with Gasteiger partial charge in [-0.1, -0.05) is 36.8 Å². The van der Waals surface area contributed by atoms with Crippen LogP contribution in [0.15, 0.2) is 24.3 Å². The van der Waals surface area contributed by atoms with Crippen LogP contribution in [0.25, 0.3) is 0 Å². The third-order valence-corrected chi connectivity index (χ3v) is 7.84. The van der Waals surface area contributed by atoms with Crippen molar-refractivity contribution in [1.82, 2.24) is 8.61 Å². The highest BCUT2D eigenvalue weighted by molar-refractivity contribution is 7.89. The lowest BCUT2D eigenvalue weighted by Gasteiger charge is -2.33. The van der Waals surface area contributed by atoms with Crippen molar-refractivity contribution < 1.29 is 16.8 Å². The molecule has 6 nitrogen and oxygen atoms in total. The minimum atomic E-state index is -3.42. The summed E-state index contributed by atoms with van der Waals surface area (Å²) in [6.45, 7) is 4.67. The van der Waals surface area contributed by atoms with E-state index in [1.165, 1.54) is 8.61 Å². The minimum absolute atomic E-state index is 0.0466. The Morgan fingerprint density at radius 2 is 1.35 bits per heavy atom. The van der Waals surface area contributed by atoms with E-state index in [4.69, 9.17) is 0 Å². The Bertz CT molecular complexity index is 719. The molecule has 1 aromatic carbocycles. The van der Waals surface area contributed by atoms with Crippen LogP contribution < -0.4 is 0 Å². The average molecular weight is 361 g/mol. The Labute approximate surface area is 139 Å². The molecule has 0 atom stereocenters. The van der Waals surface area contributed by atoms with Gasteiger partial charge >= 0.3 is 0 Å². The average Bonchev–Trinajstić information content (AvgIpc) is 2.49. The van der Waals surface area contributed by atoms with Crippen molar-refractivity contribution in [3.8, 4) is 0 Å². The summed E-state index contributed by atoms with van der Waals surface area (Å²) in [4.78, 5) is 0. The van der Waals surface area contributed by atoms with Gasteiger partial charge in [-0.3, -0.25) is 0 Å². The van der Waals surface area contributed by atoms with Gasteiger partial charge in [0, 0.05) is 26.2 Å². The highest BCUT2D eigenvalue weighted by Gasteiger charge is 2.31. The van der Waals surface area contributed by atoms with Crippen LogP contribution in [0.4, 0.5) is 0 Å². The lowest BCUT2D eigenvalue weighted by Crippen LogP contribution is -2.51. The van der Waals surface area contributed by atoms with Crippen LogP contribution in [0.2, 0.25) is 0 Å². The molecule has 0 aromatic heterocycles. The van der Waals surface area contributed by atoms with Gasteiger partial charge < -0.3 is 0 Å². The molecule has 0 aliphatic carbocycles. The fourth-order valence-corrected chi connectivity index (χ4v) is 5.61. The van der Waals surface area contributed by atoms with Gasteiger partial charge in [-0.15, -0.1) is 0 Å². The number of nitrogens with zero attached hydrogens (tertiary/aromatic N) is 2. The summed E-state index contributed by atoms with van der Waals surface area (Å²) in [6.07, 6.45) is 0.564. The predicted molar refractivity (Wildman–Crippen MR) is 91.0 cm³/mol. The van der Waals surface area contributed by atoms with E-state index < -0.39 is 20.0 Å². The third-order valence-electron chi connectivity index (χ3n) is 3.92. The van der Waals surface area contributed by atoms with E-state index in [0.29, 0.717) is 6.42 Å². The van der Waals surface area contributed by atoms with Gasteiger partial charge in [0.1, 0.15) is 0 Å². The Hall–Kier alpha value is -0.960. The molecule has 1 saturated heterocycles. The summed E-state index contributed by atoms with van der Waals surface area (Å²) in [5, 5.41) is 0. The van der Waals surface area contributed by atoms with Gasteiger partial charge in [0.25, 0.3) is 0 Å². The van der Waals surface area contributed by atoms with Crippen LogP contribution in [0.3, 0.4) is 0 Å². The Morgan fingerprint density at radius 3 is 1.83 bits per heavy atom. The van der Waals surface area contributed by atoms with Crippen molar-refractivity contribution in [1.29, 1.82) is 0 Å². The number of hydrogen-bond donors (Lipinski definition) is 0. The van der Waals surface area contributed by atoms with E-state index in [1.54, 1.807) is 0 Å². The molecule has 1 aliphatic rings. The first kappa shape index (κ1) is 18.4. The lowest BCUT2D eigenvalue weighted by molar-refractivity contribution is 0.272. The maximum Gasteiger partial charge on any atom is 0.218 e. The molecule has 0 radical (unpaired) electrons. The number of piperazine rings is 1. The van der Waals surface area contributed by atoms with Crippen LogP contribution in [-0.4, -0.2) is 57.4 Å². The van der Waals surface area contributed by atoms with Crippen LogP contribution in [0, 0.1) is 6.92 Å². The second kappa shape index (κ2) is 7.29. The first-order chi connectivity index (χ1) is 10.7. The van der Waals surface area contributed by atoms with Crippen molar-refractivity contribution in [3.63, 3.8) is 0 Å². The molecule has 0 bridgehead atoms. The predicted octanol–water partition coefficient (Wildman–Crippen LogP) is 1.18. The Balaban J connectivity index is 2.00. The summed E-state index contributed by atoms with van der Waals surface area (Å²) < 4.78 is 51.8. The number of benzene rings is 1. The molecule has 1 fully saturated rings. The summed E-state index contributed by atoms with van der Waals surface area (Å²) in [6, 6.07) is 7.41. The van der Waals surface area contributed by atoms with Gasteiger partial charge in [-0.2, -0.15) is 8.61 Å². The van der Waals surface area contributed by atoms with E-state index in [9.17, 15) is 16.8 Å². The van der Waals surface area contributed by atoms with E-state index in [-0.39, 0.29) is 37.7 Å². The normalized spacial score (nSPS) is 18.2. The number of sulfonamides is 2. The van der Waals surface area contributed by atoms with E-state index in [0.717, 1.165) is 11.1 Å². The molecule has 1 aromatic rings. The number of rotatable bonds is 6. The van der Waals surface area contributed by atoms with Crippen molar-refractivity contribution in [3.05, 3.63) is 35.4 Å². The molecule has 0 N–H and O–H groups in total. The first-order valence-electron chi connectivity index (χ1n) is 7.76. The fourth-order valence-electron chi connectivity index (χ4n) is 2.60. The summed E-state index contributed by atoms with van der Waals surface area (Å²) in [7, 11) is -6.67. The monoisotopic (exact) mass is 360 g/mol. The van der Waals surface area contributed by atoms with Gasteiger partial charge in [0.2, 0.25) is 20.0 Å². The van der Waals surface area contributed by atoms with Crippen molar-refractivity contribution >= 4 is 20.0 Å². The topological polar surface area (TPSA) is 74.8 Å². The smallest absolute Gasteiger partial charge is 0.212 e. The van der Waals surface area contributed by atoms with E-state index in [2.05, 4.69) is 0 Å². The molecule has 8 heteroatoms.